The molecule has 162 valence electrons. The highest BCUT2D eigenvalue weighted by atomic mass is 35.5. The van der Waals surface area contributed by atoms with E-state index in [1.807, 2.05) is 6.92 Å². The molecule has 0 spiro atoms. The normalized spacial score (nSPS) is 22.4. The zero-order valence-electron chi connectivity index (χ0n) is 16.6. The van der Waals surface area contributed by atoms with Gasteiger partial charge in [0.25, 0.3) is 0 Å². The number of pyridine rings is 2. The van der Waals surface area contributed by atoms with E-state index in [0.29, 0.717) is 18.8 Å². The zero-order chi connectivity index (χ0) is 20.9. The van der Waals surface area contributed by atoms with Gasteiger partial charge in [-0.15, -0.1) is 12.4 Å². The van der Waals surface area contributed by atoms with Gasteiger partial charge in [0.2, 0.25) is 5.43 Å². The second-order valence-electron chi connectivity index (χ2n) is 7.82. The lowest BCUT2D eigenvalue weighted by Gasteiger charge is -2.23. The van der Waals surface area contributed by atoms with Gasteiger partial charge in [-0.25, -0.2) is 14.2 Å². The largest absolute Gasteiger partial charge is 0.477 e. The van der Waals surface area contributed by atoms with Crippen molar-refractivity contribution in [1.29, 1.82) is 0 Å². The van der Waals surface area contributed by atoms with Crippen molar-refractivity contribution < 1.29 is 19.1 Å². The summed E-state index contributed by atoms with van der Waals surface area (Å²) in [4.78, 5) is 35.1. The van der Waals surface area contributed by atoms with Crippen molar-refractivity contribution >= 4 is 40.9 Å². The first-order valence-corrected chi connectivity index (χ1v) is 9.33. The van der Waals surface area contributed by atoms with Gasteiger partial charge in [0.1, 0.15) is 18.3 Å². The summed E-state index contributed by atoms with van der Waals surface area (Å²) < 4.78 is 16.7. The molecule has 2 aliphatic rings. The van der Waals surface area contributed by atoms with Gasteiger partial charge in [0.05, 0.1) is 17.6 Å². The zero-order valence-corrected chi connectivity index (χ0v) is 17.4. The van der Waals surface area contributed by atoms with Crippen LogP contribution in [0.15, 0.2) is 22.2 Å². The Morgan fingerprint density at radius 3 is 2.77 bits per heavy atom. The van der Waals surface area contributed by atoms with Crippen LogP contribution in [0, 0.1) is 11.2 Å². The Morgan fingerprint density at radius 2 is 2.20 bits per heavy atom. The van der Waals surface area contributed by atoms with Crippen LogP contribution >= 0.6 is 12.4 Å². The van der Waals surface area contributed by atoms with Crippen molar-refractivity contribution in [3.63, 3.8) is 0 Å². The van der Waals surface area contributed by atoms with Gasteiger partial charge in [-0.05, 0) is 18.9 Å². The molecule has 1 saturated carbocycles. The molecule has 3 N–H and O–H groups in total. The Bertz CT molecular complexity index is 1100. The van der Waals surface area contributed by atoms with E-state index in [0.717, 1.165) is 18.9 Å². The number of nitrogens with two attached hydrogens (primary N) is 1. The third kappa shape index (κ3) is 3.50. The fraction of sp³-hybridized carbons (Fsp3) is 0.474. The summed E-state index contributed by atoms with van der Waals surface area (Å²) in [7, 11) is 1.44. The van der Waals surface area contributed by atoms with E-state index in [4.69, 9.17) is 10.6 Å². The van der Waals surface area contributed by atoms with Crippen molar-refractivity contribution in [2.24, 2.45) is 16.3 Å². The van der Waals surface area contributed by atoms with Gasteiger partial charge in [-0.1, -0.05) is 12.1 Å². The van der Waals surface area contributed by atoms with E-state index in [-0.39, 0.29) is 47.4 Å². The van der Waals surface area contributed by atoms with Gasteiger partial charge >= 0.3 is 5.97 Å². The van der Waals surface area contributed by atoms with Crippen LogP contribution in [-0.2, 0) is 4.84 Å². The number of aromatic nitrogens is 2. The number of aromatic carboxylic acids is 1. The molecule has 1 aliphatic heterocycles. The molecule has 1 saturated heterocycles. The SMILES string of the molecule is CON=C1CN(c2nc3c(cc2F)c(=O)c(C(=O)O)cn3C2CC2)CC1(C)CN.Cl. The maximum atomic E-state index is 15.0. The van der Waals surface area contributed by atoms with E-state index in [1.54, 1.807) is 9.47 Å². The summed E-state index contributed by atoms with van der Waals surface area (Å²) in [5, 5.41) is 13.3. The van der Waals surface area contributed by atoms with Gasteiger partial charge in [0, 0.05) is 30.7 Å². The van der Waals surface area contributed by atoms with Crippen molar-refractivity contribution in [3.05, 3.63) is 33.9 Å². The molecular weight excluding hydrogens is 417 g/mol. The Balaban J connectivity index is 0.00000256. The highest BCUT2D eigenvalue weighted by molar-refractivity contribution is 5.97. The predicted octanol–water partition coefficient (Wildman–Crippen LogP) is 1.78. The summed E-state index contributed by atoms with van der Waals surface area (Å²) >= 11 is 0. The Hall–Kier alpha value is -2.72. The Morgan fingerprint density at radius 1 is 1.50 bits per heavy atom. The molecule has 2 fully saturated rings. The minimum atomic E-state index is -1.34. The molecule has 2 aromatic heterocycles. The highest BCUT2D eigenvalue weighted by Crippen LogP contribution is 2.38. The van der Waals surface area contributed by atoms with Crippen LogP contribution in [0.4, 0.5) is 10.2 Å². The summed E-state index contributed by atoms with van der Waals surface area (Å²) in [6, 6.07) is 1.14. The minimum Gasteiger partial charge on any atom is -0.477 e. The maximum Gasteiger partial charge on any atom is 0.341 e. The number of rotatable bonds is 5. The molecule has 0 radical (unpaired) electrons. The molecule has 0 amide bonds. The van der Waals surface area contributed by atoms with Crippen molar-refractivity contribution in [1.82, 2.24) is 9.55 Å². The standard InChI is InChI=1S/C19H22FN5O4.ClH/c1-19(8-21)9-24(7-14(19)23-29-2)17-13(20)5-11-15(26)12(18(27)28)6-25(10-3-4-10)16(11)22-17;/h5-6,10H,3-4,7-9,21H2,1-2H3,(H,27,28);1H. The lowest BCUT2D eigenvalue weighted by molar-refractivity contribution is 0.0695. The number of hydrogen-bond acceptors (Lipinski definition) is 7. The third-order valence-electron chi connectivity index (χ3n) is 5.64. The van der Waals surface area contributed by atoms with Crippen LogP contribution in [0.25, 0.3) is 11.0 Å². The second kappa shape index (κ2) is 7.84. The summed E-state index contributed by atoms with van der Waals surface area (Å²) in [6.07, 6.45) is 3.02. The smallest absolute Gasteiger partial charge is 0.341 e. The van der Waals surface area contributed by atoms with Crippen LogP contribution < -0.4 is 16.1 Å². The fourth-order valence-corrected chi connectivity index (χ4v) is 3.76. The number of anilines is 1. The van der Waals surface area contributed by atoms with Crippen molar-refractivity contribution in [3.8, 4) is 0 Å². The number of halogens is 2. The average molecular weight is 440 g/mol. The van der Waals surface area contributed by atoms with E-state index in [9.17, 15) is 19.1 Å². The lowest BCUT2D eigenvalue weighted by Crippen LogP contribution is -2.36. The van der Waals surface area contributed by atoms with Gasteiger partial charge in [-0.2, -0.15) is 0 Å². The molecule has 11 heteroatoms. The number of carboxylic acids is 1. The van der Waals surface area contributed by atoms with E-state index in [2.05, 4.69) is 10.1 Å². The molecule has 1 aliphatic carbocycles. The third-order valence-corrected chi connectivity index (χ3v) is 5.64. The van der Waals surface area contributed by atoms with Crippen LogP contribution in [0.5, 0.6) is 0 Å². The molecule has 1 unspecified atom stereocenters. The quantitative estimate of drug-likeness (QED) is 0.680. The molecule has 30 heavy (non-hydrogen) atoms. The molecule has 2 aromatic rings. The Labute approximate surface area is 177 Å². The first kappa shape index (κ1) is 22.0. The molecule has 9 nitrogen and oxygen atoms in total. The van der Waals surface area contributed by atoms with E-state index >= 15 is 0 Å². The molecule has 4 rings (SSSR count). The molecule has 1 atom stereocenters. The number of carbonyl (C=O) groups is 1. The molecular formula is C19H23ClFN5O4. The average Bonchev–Trinajstić information content (AvgIpc) is 3.47. The highest BCUT2D eigenvalue weighted by Gasteiger charge is 2.41. The van der Waals surface area contributed by atoms with Gasteiger partial charge in [-0.3, -0.25) is 4.79 Å². The molecule has 0 aromatic carbocycles. The van der Waals surface area contributed by atoms with E-state index in [1.165, 1.54) is 13.3 Å². The number of hydrogen-bond donors (Lipinski definition) is 2. The number of carboxylic acid groups (broad SMARTS) is 1. The van der Waals surface area contributed by atoms with Crippen LogP contribution in [-0.4, -0.2) is 53.1 Å². The lowest BCUT2D eigenvalue weighted by atomic mass is 9.88. The summed E-state index contributed by atoms with van der Waals surface area (Å²) in [6.45, 7) is 2.90. The molecule has 0 bridgehead atoms. The van der Waals surface area contributed by atoms with Crippen LogP contribution in [0.1, 0.15) is 36.2 Å². The molecule has 3 heterocycles. The second-order valence-corrected chi connectivity index (χ2v) is 7.82. The number of oxime groups is 1. The van der Waals surface area contributed by atoms with Gasteiger partial charge < -0.3 is 25.1 Å². The number of fused-ring (bicyclic) bond motifs is 1. The predicted molar refractivity (Wildman–Crippen MR) is 112 cm³/mol. The first-order chi connectivity index (χ1) is 13.8. The Kier molecular flexibility index (Phi) is 5.74. The fourth-order valence-electron chi connectivity index (χ4n) is 3.76. The monoisotopic (exact) mass is 439 g/mol. The van der Waals surface area contributed by atoms with Crippen molar-refractivity contribution in [2.45, 2.75) is 25.8 Å². The topological polar surface area (TPSA) is 123 Å². The minimum absolute atomic E-state index is 0. The summed E-state index contributed by atoms with van der Waals surface area (Å²) in [5.74, 6) is -1.96. The van der Waals surface area contributed by atoms with Gasteiger partial charge in [0.15, 0.2) is 11.6 Å². The van der Waals surface area contributed by atoms with Crippen LogP contribution in [0.3, 0.4) is 0 Å². The summed E-state index contributed by atoms with van der Waals surface area (Å²) in [5.41, 5.74) is 5.26. The maximum absolute atomic E-state index is 15.0. The first-order valence-electron chi connectivity index (χ1n) is 9.33. The number of nitrogens with zero attached hydrogens (tertiary/aromatic N) is 4. The van der Waals surface area contributed by atoms with Crippen LogP contribution in [0.2, 0.25) is 0 Å². The van der Waals surface area contributed by atoms with Crippen molar-refractivity contribution in [2.75, 3.05) is 31.6 Å². The van der Waals surface area contributed by atoms with E-state index < -0.39 is 22.6 Å².